The standard InChI is InChI=1S/C10H12N2O3/c13-9(6-10(14)15)12-5-4-11-3-1-2-8(11)7-12/h1-3H,4-7H2,(H,14,15). The summed E-state index contributed by atoms with van der Waals surface area (Å²) in [5.74, 6) is -1.38. The third kappa shape index (κ3) is 2.01. The number of hydrogen-bond acceptors (Lipinski definition) is 2. The zero-order chi connectivity index (χ0) is 10.8. The summed E-state index contributed by atoms with van der Waals surface area (Å²) in [4.78, 5) is 23.5. The van der Waals surface area contributed by atoms with Gasteiger partial charge in [-0.15, -0.1) is 0 Å². The van der Waals surface area contributed by atoms with Crippen LogP contribution in [0, 0.1) is 0 Å². The van der Waals surface area contributed by atoms with Crippen molar-refractivity contribution in [2.75, 3.05) is 6.54 Å². The van der Waals surface area contributed by atoms with Crippen molar-refractivity contribution in [3.63, 3.8) is 0 Å². The van der Waals surface area contributed by atoms with Crippen LogP contribution in [0.25, 0.3) is 0 Å². The molecule has 2 rings (SSSR count). The third-order valence-corrected chi connectivity index (χ3v) is 2.54. The number of carbonyl (C=O) groups excluding carboxylic acids is 1. The lowest BCUT2D eigenvalue weighted by Crippen LogP contribution is -2.38. The second kappa shape index (κ2) is 3.76. The molecule has 0 bridgehead atoms. The maximum absolute atomic E-state index is 11.5. The van der Waals surface area contributed by atoms with E-state index in [-0.39, 0.29) is 5.91 Å². The smallest absolute Gasteiger partial charge is 0.312 e. The van der Waals surface area contributed by atoms with Crippen LogP contribution in [0.15, 0.2) is 18.3 Å². The predicted octanol–water partition coefficient (Wildman–Crippen LogP) is 0.305. The summed E-state index contributed by atoms with van der Waals surface area (Å²) in [5, 5.41) is 8.52. The molecule has 1 aromatic rings. The fourth-order valence-corrected chi connectivity index (χ4v) is 1.77. The average Bonchev–Trinajstić information content (AvgIpc) is 2.62. The number of aromatic nitrogens is 1. The molecular formula is C10H12N2O3. The molecule has 2 heterocycles. The zero-order valence-electron chi connectivity index (χ0n) is 8.22. The first-order valence-electron chi connectivity index (χ1n) is 4.80. The van der Waals surface area contributed by atoms with Gasteiger partial charge in [-0.2, -0.15) is 0 Å². The number of carboxylic acids is 1. The monoisotopic (exact) mass is 208 g/mol. The van der Waals surface area contributed by atoms with E-state index in [2.05, 4.69) is 4.57 Å². The van der Waals surface area contributed by atoms with Crippen LogP contribution in [-0.2, 0) is 22.7 Å². The summed E-state index contributed by atoms with van der Waals surface area (Å²) in [6.07, 6.45) is 1.55. The lowest BCUT2D eigenvalue weighted by molar-refractivity contribution is -0.144. The van der Waals surface area contributed by atoms with Crippen molar-refractivity contribution >= 4 is 11.9 Å². The van der Waals surface area contributed by atoms with Crippen molar-refractivity contribution < 1.29 is 14.7 Å². The van der Waals surface area contributed by atoms with Gasteiger partial charge < -0.3 is 14.6 Å². The molecule has 1 aliphatic heterocycles. The van der Waals surface area contributed by atoms with Gasteiger partial charge in [-0.25, -0.2) is 0 Å². The molecule has 1 N–H and O–H groups in total. The predicted molar refractivity (Wildman–Crippen MR) is 52.1 cm³/mol. The molecule has 0 saturated heterocycles. The van der Waals surface area contributed by atoms with Gasteiger partial charge in [0.1, 0.15) is 6.42 Å². The number of rotatable bonds is 2. The molecular weight excluding hydrogens is 196 g/mol. The summed E-state index contributed by atoms with van der Waals surface area (Å²) in [6.45, 7) is 1.85. The van der Waals surface area contributed by atoms with Crippen molar-refractivity contribution in [3.8, 4) is 0 Å². The number of nitrogens with zero attached hydrogens (tertiary/aromatic N) is 2. The number of fused-ring (bicyclic) bond motifs is 1. The molecule has 5 nitrogen and oxygen atoms in total. The molecule has 15 heavy (non-hydrogen) atoms. The highest BCUT2D eigenvalue weighted by Gasteiger charge is 2.21. The van der Waals surface area contributed by atoms with Gasteiger partial charge in [-0.05, 0) is 12.1 Å². The van der Waals surface area contributed by atoms with Crippen LogP contribution in [0.2, 0.25) is 0 Å². The van der Waals surface area contributed by atoms with Crippen LogP contribution < -0.4 is 0 Å². The van der Waals surface area contributed by atoms with Crippen molar-refractivity contribution in [2.24, 2.45) is 0 Å². The second-order valence-corrected chi connectivity index (χ2v) is 3.58. The van der Waals surface area contributed by atoms with Crippen LogP contribution in [0.3, 0.4) is 0 Å². The molecule has 0 saturated carbocycles. The first kappa shape index (κ1) is 9.76. The quantitative estimate of drug-likeness (QED) is 0.711. The van der Waals surface area contributed by atoms with E-state index < -0.39 is 12.4 Å². The van der Waals surface area contributed by atoms with Crippen LogP contribution in [0.4, 0.5) is 0 Å². The van der Waals surface area contributed by atoms with Gasteiger partial charge in [-0.1, -0.05) is 0 Å². The molecule has 80 valence electrons. The number of hydrogen-bond donors (Lipinski definition) is 1. The Kier molecular flexibility index (Phi) is 2.45. The Morgan fingerprint density at radius 1 is 1.40 bits per heavy atom. The molecule has 1 aliphatic rings. The normalized spacial score (nSPS) is 14.8. The van der Waals surface area contributed by atoms with E-state index in [9.17, 15) is 9.59 Å². The van der Waals surface area contributed by atoms with Gasteiger partial charge in [0, 0.05) is 25.0 Å². The molecule has 0 unspecified atom stereocenters. The summed E-state index contributed by atoms with van der Waals surface area (Å²) in [6, 6.07) is 3.88. The van der Waals surface area contributed by atoms with Crippen molar-refractivity contribution in [1.82, 2.24) is 9.47 Å². The molecule has 0 aliphatic carbocycles. The Bertz CT molecular complexity index is 397. The Balaban J connectivity index is 2.03. The summed E-state index contributed by atoms with van der Waals surface area (Å²) < 4.78 is 2.07. The van der Waals surface area contributed by atoms with Gasteiger partial charge in [0.2, 0.25) is 5.91 Å². The minimum absolute atomic E-state index is 0.310. The van der Waals surface area contributed by atoms with Gasteiger partial charge in [0.05, 0.1) is 6.54 Å². The fourth-order valence-electron chi connectivity index (χ4n) is 1.77. The van der Waals surface area contributed by atoms with E-state index in [0.717, 1.165) is 12.2 Å². The molecule has 1 amide bonds. The molecule has 0 radical (unpaired) electrons. The third-order valence-electron chi connectivity index (χ3n) is 2.54. The Hall–Kier alpha value is -1.78. The van der Waals surface area contributed by atoms with E-state index in [0.29, 0.717) is 13.1 Å². The zero-order valence-corrected chi connectivity index (χ0v) is 8.22. The number of aliphatic carboxylic acids is 1. The van der Waals surface area contributed by atoms with E-state index in [1.54, 1.807) is 4.90 Å². The van der Waals surface area contributed by atoms with Gasteiger partial charge in [-0.3, -0.25) is 9.59 Å². The van der Waals surface area contributed by atoms with E-state index >= 15 is 0 Å². The van der Waals surface area contributed by atoms with Crippen molar-refractivity contribution in [3.05, 3.63) is 24.0 Å². The lowest BCUT2D eigenvalue weighted by Gasteiger charge is -2.28. The minimum atomic E-state index is -1.07. The molecule has 0 atom stereocenters. The maximum Gasteiger partial charge on any atom is 0.312 e. The van der Waals surface area contributed by atoms with Crippen molar-refractivity contribution in [2.45, 2.75) is 19.5 Å². The van der Waals surface area contributed by atoms with Crippen LogP contribution >= 0.6 is 0 Å². The van der Waals surface area contributed by atoms with Gasteiger partial charge >= 0.3 is 5.97 Å². The number of amides is 1. The Morgan fingerprint density at radius 3 is 2.93 bits per heavy atom. The van der Waals surface area contributed by atoms with Crippen LogP contribution in [0.5, 0.6) is 0 Å². The van der Waals surface area contributed by atoms with E-state index in [1.807, 2.05) is 18.3 Å². The maximum atomic E-state index is 11.5. The van der Waals surface area contributed by atoms with Crippen LogP contribution in [0.1, 0.15) is 12.1 Å². The van der Waals surface area contributed by atoms with Gasteiger partial charge in [0.15, 0.2) is 0 Å². The second-order valence-electron chi connectivity index (χ2n) is 3.58. The Morgan fingerprint density at radius 2 is 2.20 bits per heavy atom. The van der Waals surface area contributed by atoms with Crippen molar-refractivity contribution in [1.29, 1.82) is 0 Å². The minimum Gasteiger partial charge on any atom is -0.481 e. The molecule has 1 aromatic heterocycles. The largest absolute Gasteiger partial charge is 0.481 e. The molecule has 5 heteroatoms. The summed E-state index contributed by atoms with van der Waals surface area (Å²) in [7, 11) is 0. The highest BCUT2D eigenvalue weighted by Crippen LogP contribution is 2.13. The highest BCUT2D eigenvalue weighted by molar-refractivity contribution is 5.93. The van der Waals surface area contributed by atoms with Gasteiger partial charge in [0.25, 0.3) is 0 Å². The molecule has 0 spiro atoms. The summed E-state index contributed by atoms with van der Waals surface area (Å²) in [5.41, 5.74) is 1.06. The van der Waals surface area contributed by atoms with E-state index in [1.165, 1.54) is 0 Å². The van der Waals surface area contributed by atoms with Crippen LogP contribution in [-0.4, -0.2) is 33.0 Å². The summed E-state index contributed by atoms with van der Waals surface area (Å²) >= 11 is 0. The lowest BCUT2D eigenvalue weighted by atomic mass is 10.2. The Labute approximate surface area is 86.9 Å². The first-order valence-corrected chi connectivity index (χ1v) is 4.80. The number of carboxylic acid groups (broad SMARTS) is 1. The van der Waals surface area contributed by atoms with E-state index in [4.69, 9.17) is 5.11 Å². The highest BCUT2D eigenvalue weighted by atomic mass is 16.4. The average molecular weight is 208 g/mol. The molecule has 0 aromatic carbocycles. The topological polar surface area (TPSA) is 62.5 Å². The fraction of sp³-hybridized carbons (Fsp3) is 0.400. The number of carbonyl (C=O) groups is 2. The first-order chi connectivity index (χ1) is 7.16. The molecule has 0 fully saturated rings. The SMILES string of the molecule is O=C(O)CC(=O)N1CCn2cccc2C1.